The van der Waals surface area contributed by atoms with Gasteiger partial charge in [-0.1, -0.05) is 13.0 Å². The molecule has 5 nitrogen and oxygen atoms in total. The van der Waals surface area contributed by atoms with Gasteiger partial charge in [-0.05, 0) is 24.3 Å². The molecule has 0 aliphatic carbocycles. The lowest BCUT2D eigenvalue weighted by molar-refractivity contribution is 0.281. The third-order valence-corrected chi connectivity index (χ3v) is 4.83. The van der Waals surface area contributed by atoms with Crippen molar-refractivity contribution in [3.63, 3.8) is 0 Å². The number of pyridine rings is 1. The fourth-order valence-electron chi connectivity index (χ4n) is 1.32. The van der Waals surface area contributed by atoms with Gasteiger partial charge in [-0.3, -0.25) is 0 Å². The predicted molar refractivity (Wildman–Crippen MR) is 72.9 cm³/mol. The summed E-state index contributed by atoms with van der Waals surface area (Å²) in [6.07, 6.45) is 1.36. The molecular weight excluding hydrogens is 272 g/mol. The highest BCUT2D eigenvalue weighted by Crippen LogP contribution is 2.09. The molecular formula is C11H18N2O3S2. The molecule has 0 radical (unpaired) electrons. The number of nitrogens with zero attached hydrogens (tertiary/aromatic N) is 1. The van der Waals surface area contributed by atoms with Crippen molar-refractivity contribution < 1.29 is 13.5 Å². The van der Waals surface area contributed by atoms with Gasteiger partial charge in [0.05, 0.1) is 6.61 Å². The van der Waals surface area contributed by atoms with Crippen LogP contribution in [0.15, 0.2) is 23.4 Å². The van der Waals surface area contributed by atoms with E-state index in [1.807, 2.05) is 13.8 Å². The van der Waals surface area contributed by atoms with Gasteiger partial charge in [0.1, 0.15) is 0 Å². The largest absolute Gasteiger partial charge is 0.392 e. The summed E-state index contributed by atoms with van der Waals surface area (Å²) in [4.78, 5) is 3.84. The second kappa shape index (κ2) is 7.08. The lowest BCUT2D eigenvalue weighted by atomic mass is 10.3. The van der Waals surface area contributed by atoms with E-state index in [1.54, 1.807) is 17.8 Å². The summed E-state index contributed by atoms with van der Waals surface area (Å²) in [5.41, 5.74) is 0.587. The Bertz CT molecular complexity index is 460. The molecule has 0 amide bonds. The fraction of sp³-hybridized carbons (Fsp3) is 0.545. The van der Waals surface area contributed by atoms with E-state index in [2.05, 4.69) is 9.71 Å². The molecule has 0 aromatic carbocycles. The standard InChI is InChI=1S/C11H18N2O3S2/c1-3-17-8-9(2)13-18(15,16)11-5-4-10(7-14)6-12-11/h4-6,9,13-14H,3,7-8H2,1-2H3. The minimum Gasteiger partial charge on any atom is -0.392 e. The summed E-state index contributed by atoms with van der Waals surface area (Å²) >= 11 is 1.68. The number of hydrogen-bond donors (Lipinski definition) is 2. The zero-order valence-corrected chi connectivity index (χ0v) is 12.1. The molecule has 1 aromatic heterocycles. The van der Waals surface area contributed by atoms with Crippen LogP contribution in [0, 0.1) is 0 Å². The van der Waals surface area contributed by atoms with Crippen LogP contribution in [0.2, 0.25) is 0 Å². The van der Waals surface area contributed by atoms with Gasteiger partial charge in [0, 0.05) is 18.0 Å². The quantitative estimate of drug-likeness (QED) is 0.783. The second-order valence-electron chi connectivity index (χ2n) is 3.84. The van der Waals surface area contributed by atoms with Gasteiger partial charge < -0.3 is 5.11 Å². The average Bonchev–Trinajstić information content (AvgIpc) is 2.36. The van der Waals surface area contributed by atoms with Gasteiger partial charge in [-0.25, -0.2) is 18.1 Å². The van der Waals surface area contributed by atoms with Crippen molar-refractivity contribution in [2.45, 2.75) is 31.5 Å². The molecule has 102 valence electrons. The van der Waals surface area contributed by atoms with E-state index in [0.717, 1.165) is 11.5 Å². The van der Waals surface area contributed by atoms with E-state index in [0.29, 0.717) is 5.56 Å². The highest BCUT2D eigenvalue weighted by Gasteiger charge is 2.18. The molecule has 0 bridgehead atoms. The molecule has 1 rings (SSSR count). The summed E-state index contributed by atoms with van der Waals surface area (Å²) in [5, 5.41) is 8.85. The molecule has 2 N–H and O–H groups in total. The maximum atomic E-state index is 12.0. The Morgan fingerprint density at radius 2 is 2.22 bits per heavy atom. The number of nitrogens with one attached hydrogen (secondary N) is 1. The number of hydrogen-bond acceptors (Lipinski definition) is 5. The van der Waals surface area contributed by atoms with E-state index in [1.165, 1.54) is 12.3 Å². The van der Waals surface area contributed by atoms with Crippen LogP contribution in [0.25, 0.3) is 0 Å². The zero-order chi connectivity index (χ0) is 13.6. The highest BCUT2D eigenvalue weighted by molar-refractivity contribution is 7.99. The normalized spacial score (nSPS) is 13.5. The van der Waals surface area contributed by atoms with E-state index < -0.39 is 10.0 Å². The van der Waals surface area contributed by atoms with Gasteiger partial charge >= 0.3 is 0 Å². The number of aromatic nitrogens is 1. The number of aliphatic hydroxyl groups is 1. The molecule has 18 heavy (non-hydrogen) atoms. The van der Waals surface area contributed by atoms with Crippen molar-refractivity contribution >= 4 is 21.8 Å². The van der Waals surface area contributed by atoms with Crippen LogP contribution in [0.4, 0.5) is 0 Å². The maximum Gasteiger partial charge on any atom is 0.258 e. The number of sulfonamides is 1. The molecule has 1 heterocycles. The first kappa shape index (κ1) is 15.4. The van der Waals surface area contributed by atoms with Crippen molar-refractivity contribution in [3.05, 3.63) is 23.9 Å². The number of rotatable bonds is 7. The van der Waals surface area contributed by atoms with E-state index in [-0.39, 0.29) is 17.7 Å². The van der Waals surface area contributed by atoms with Gasteiger partial charge in [0.2, 0.25) is 0 Å². The molecule has 0 saturated carbocycles. The van der Waals surface area contributed by atoms with E-state index >= 15 is 0 Å². The van der Waals surface area contributed by atoms with Crippen molar-refractivity contribution in [3.8, 4) is 0 Å². The third-order valence-electron chi connectivity index (χ3n) is 2.18. The predicted octanol–water partition coefficient (Wildman–Crippen LogP) is 0.994. The fourth-order valence-corrected chi connectivity index (χ4v) is 3.27. The smallest absolute Gasteiger partial charge is 0.258 e. The van der Waals surface area contributed by atoms with E-state index in [9.17, 15) is 8.42 Å². The van der Waals surface area contributed by atoms with Crippen LogP contribution in [-0.2, 0) is 16.6 Å². The average molecular weight is 290 g/mol. The molecule has 0 aliphatic rings. The Labute approximate surface area is 112 Å². The first-order valence-corrected chi connectivity index (χ1v) is 8.29. The lowest BCUT2D eigenvalue weighted by Crippen LogP contribution is -2.34. The van der Waals surface area contributed by atoms with Crippen LogP contribution >= 0.6 is 11.8 Å². The van der Waals surface area contributed by atoms with Crippen molar-refractivity contribution in [1.29, 1.82) is 0 Å². The molecule has 1 atom stereocenters. The number of aliphatic hydroxyl groups excluding tert-OH is 1. The molecule has 0 aliphatic heterocycles. The molecule has 7 heteroatoms. The Kier molecular flexibility index (Phi) is 6.07. The molecule has 0 spiro atoms. The SMILES string of the molecule is CCSCC(C)NS(=O)(=O)c1ccc(CO)cn1. The van der Waals surface area contributed by atoms with Crippen LogP contribution in [0.1, 0.15) is 19.4 Å². The Morgan fingerprint density at radius 1 is 1.50 bits per heavy atom. The summed E-state index contributed by atoms with van der Waals surface area (Å²) < 4.78 is 26.5. The van der Waals surface area contributed by atoms with Gasteiger partial charge in [0.25, 0.3) is 10.0 Å². The topological polar surface area (TPSA) is 79.3 Å². The summed E-state index contributed by atoms with van der Waals surface area (Å²) in [5.74, 6) is 1.68. The highest BCUT2D eigenvalue weighted by atomic mass is 32.2. The summed E-state index contributed by atoms with van der Waals surface area (Å²) in [6.45, 7) is 3.70. The van der Waals surface area contributed by atoms with Gasteiger partial charge in [-0.15, -0.1) is 0 Å². The van der Waals surface area contributed by atoms with Crippen LogP contribution in [0.3, 0.4) is 0 Å². The lowest BCUT2D eigenvalue weighted by Gasteiger charge is -2.13. The van der Waals surface area contributed by atoms with Crippen LogP contribution < -0.4 is 4.72 Å². The van der Waals surface area contributed by atoms with E-state index in [4.69, 9.17) is 5.11 Å². The minimum atomic E-state index is -3.57. The number of thioether (sulfide) groups is 1. The van der Waals surface area contributed by atoms with Crippen LogP contribution in [-0.4, -0.2) is 36.1 Å². The van der Waals surface area contributed by atoms with Crippen molar-refractivity contribution in [2.75, 3.05) is 11.5 Å². The third kappa shape index (κ3) is 4.56. The zero-order valence-electron chi connectivity index (χ0n) is 10.5. The Balaban J connectivity index is 2.73. The Morgan fingerprint density at radius 3 is 2.72 bits per heavy atom. The molecule has 1 aromatic rings. The maximum absolute atomic E-state index is 12.0. The van der Waals surface area contributed by atoms with Crippen molar-refractivity contribution in [1.82, 2.24) is 9.71 Å². The molecule has 0 fully saturated rings. The molecule has 0 saturated heterocycles. The summed E-state index contributed by atoms with van der Waals surface area (Å²) in [7, 11) is -3.57. The second-order valence-corrected chi connectivity index (χ2v) is 6.82. The Hall–Kier alpha value is -0.630. The van der Waals surface area contributed by atoms with Crippen LogP contribution in [0.5, 0.6) is 0 Å². The monoisotopic (exact) mass is 290 g/mol. The first-order valence-electron chi connectivity index (χ1n) is 5.65. The van der Waals surface area contributed by atoms with Gasteiger partial charge in [0.15, 0.2) is 5.03 Å². The molecule has 1 unspecified atom stereocenters. The first-order chi connectivity index (χ1) is 8.49. The van der Waals surface area contributed by atoms with Crippen molar-refractivity contribution in [2.24, 2.45) is 0 Å². The van der Waals surface area contributed by atoms with Gasteiger partial charge in [-0.2, -0.15) is 11.8 Å². The minimum absolute atomic E-state index is 0.0203. The summed E-state index contributed by atoms with van der Waals surface area (Å²) in [6, 6.07) is 2.81.